The van der Waals surface area contributed by atoms with Crippen molar-refractivity contribution in [1.82, 2.24) is 4.90 Å². The third-order valence-electron chi connectivity index (χ3n) is 4.25. The highest BCUT2D eigenvalue weighted by Crippen LogP contribution is 2.32. The number of nitrogens with two attached hydrogens (primary N) is 1. The van der Waals surface area contributed by atoms with Gasteiger partial charge >= 0.3 is 0 Å². The molecule has 1 fully saturated rings. The smallest absolute Gasteiger partial charge is 0.0601 e. The zero-order chi connectivity index (χ0) is 17.8. The Morgan fingerprint density at radius 1 is 0.875 bits per heavy atom. The maximum atomic E-state index is 5.85. The quantitative estimate of drug-likeness (QED) is 0.846. The molecule has 0 saturated carbocycles. The summed E-state index contributed by atoms with van der Waals surface area (Å²) >= 11 is 0. The van der Waals surface area contributed by atoms with Crippen LogP contribution in [0.25, 0.3) is 0 Å². The third kappa shape index (κ3) is 5.47. The summed E-state index contributed by atoms with van der Waals surface area (Å²) < 4.78 is 0. The lowest BCUT2D eigenvalue weighted by Crippen LogP contribution is -2.28. The lowest BCUT2D eigenvalue weighted by molar-refractivity contribution is 0.270. The first kappa shape index (κ1) is 20.4. The Labute approximate surface area is 148 Å². The molecule has 0 aliphatic carbocycles. The second-order valence-corrected chi connectivity index (χ2v) is 5.61. The van der Waals surface area contributed by atoms with Crippen LogP contribution in [-0.2, 0) is 0 Å². The summed E-state index contributed by atoms with van der Waals surface area (Å²) in [5, 5.41) is 0. The highest BCUT2D eigenvalue weighted by atomic mass is 15.2. The second-order valence-electron chi connectivity index (χ2n) is 5.61. The first-order valence-electron chi connectivity index (χ1n) is 9.42. The fourth-order valence-corrected chi connectivity index (χ4v) is 3.17. The maximum absolute atomic E-state index is 5.85. The molecular formula is C22H34N2. The van der Waals surface area contributed by atoms with Gasteiger partial charge in [0.05, 0.1) is 6.04 Å². The van der Waals surface area contributed by atoms with Crippen molar-refractivity contribution in [2.45, 2.75) is 40.2 Å². The molecule has 3 rings (SSSR count). The number of hydrogen-bond acceptors (Lipinski definition) is 2. The van der Waals surface area contributed by atoms with E-state index in [0.717, 1.165) is 19.6 Å². The van der Waals surface area contributed by atoms with Gasteiger partial charge in [-0.05, 0) is 36.6 Å². The van der Waals surface area contributed by atoms with Crippen molar-refractivity contribution in [2.24, 2.45) is 11.7 Å². The van der Waals surface area contributed by atoms with Gasteiger partial charge in [0.15, 0.2) is 0 Å². The van der Waals surface area contributed by atoms with Crippen LogP contribution in [0.1, 0.15) is 51.3 Å². The molecule has 1 aliphatic rings. The monoisotopic (exact) mass is 326 g/mol. The molecule has 132 valence electrons. The van der Waals surface area contributed by atoms with Crippen LogP contribution in [0.4, 0.5) is 0 Å². The molecule has 0 aromatic heterocycles. The molecule has 0 spiro atoms. The van der Waals surface area contributed by atoms with Crippen LogP contribution in [0.2, 0.25) is 0 Å². The van der Waals surface area contributed by atoms with Gasteiger partial charge in [-0.25, -0.2) is 0 Å². The zero-order valence-corrected chi connectivity index (χ0v) is 15.8. The van der Waals surface area contributed by atoms with Gasteiger partial charge in [-0.15, -0.1) is 0 Å². The topological polar surface area (TPSA) is 29.3 Å². The number of hydrogen-bond donors (Lipinski definition) is 1. The molecule has 1 aliphatic heterocycles. The molecule has 1 atom stereocenters. The van der Waals surface area contributed by atoms with Gasteiger partial charge in [0.1, 0.15) is 0 Å². The molecule has 24 heavy (non-hydrogen) atoms. The zero-order valence-electron chi connectivity index (χ0n) is 15.8. The summed E-state index contributed by atoms with van der Waals surface area (Å²) in [6.07, 6.45) is 1.21. The number of nitrogens with zero attached hydrogens (tertiary/aromatic N) is 1. The molecule has 0 bridgehead atoms. The van der Waals surface area contributed by atoms with E-state index in [9.17, 15) is 0 Å². The van der Waals surface area contributed by atoms with Crippen molar-refractivity contribution in [3.05, 3.63) is 71.8 Å². The van der Waals surface area contributed by atoms with E-state index in [1.54, 1.807) is 0 Å². The van der Waals surface area contributed by atoms with Crippen molar-refractivity contribution >= 4 is 0 Å². The highest BCUT2D eigenvalue weighted by molar-refractivity contribution is 5.32. The minimum absolute atomic E-state index is 0.356. The molecule has 2 N–H and O–H groups in total. The highest BCUT2D eigenvalue weighted by Gasteiger charge is 2.29. The SMILES string of the molecule is CC.CC.NCC1CCN(C(c2ccccc2)c2ccccc2)C1. The normalized spacial score (nSPS) is 16.8. The van der Waals surface area contributed by atoms with Crippen LogP contribution in [0.5, 0.6) is 0 Å². The summed E-state index contributed by atoms with van der Waals surface area (Å²) in [5.41, 5.74) is 8.59. The Morgan fingerprint density at radius 3 is 1.71 bits per heavy atom. The fourth-order valence-electron chi connectivity index (χ4n) is 3.17. The Balaban J connectivity index is 0.000000671. The van der Waals surface area contributed by atoms with Gasteiger partial charge in [-0.2, -0.15) is 0 Å². The maximum Gasteiger partial charge on any atom is 0.0601 e. The van der Waals surface area contributed by atoms with Crippen LogP contribution >= 0.6 is 0 Å². The molecular weight excluding hydrogens is 292 g/mol. The predicted molar refractivity (Wildman–Crippen MR) is 106 cm³/mol. The van der Waals surface area contributed by atoms with E-state index in [1.165, 1.54) is 17.5 Å². The summed E-state index contributed by atoms with van der Waals surface area (Å²) in [5.74, 6) is 0.643. The van der Waals surface area contributed by atoms with Crippen LogP contribution in [-0.4, -0.2) is 24.5 Å². The number of benzene rings is 2. The average Bonchev–Trinajstić information content (AvgIpc) is 3.16. The van der Waals surface area contributed by atoms with E-state index in [0.29, 0.717) is 12.0 Å². The molecule has 1 saturated heterocycles. The van der Waals surface area contributed by atoms with Crippen molar-refractivity contribution in [2.75, 3.05) is 19.6 Å². The Kier molecular flexibility index (Phi) is 10.1. The van der Waals surface area contributed by atoms with Crippen LogP contribution in [0.3, 0.4) is 0 Å². The lowest BCUT2D eigenvalue weighted by Gasteiger charge is -2.29. The average molecular weight is 327 g/mol. The number of likely N-dealkylation sites (tertiary alicyclic amines) is 1. The Morgan fingerprint density at radius 2 is 1.33 bits per heavy atom. The van der Waals surface area contributed by atoms with Gasteiger partial charge in [-0.1, -0.05) is 88.4 Å². The number of rotatable bonds is 4. The first-order valence-corrected chi connectivity index (χ1v) is 9.42. The van der Waals surface area contributed by atoms with Crippen molar-refractivity contribution in [3.8, 4) is 0 Å². The van der Waals surface area contributed by atoms with E-state index in [4.69, 9.17) is 5.73 Å². The molecule has 1 unspecified atom stereocenters. The van der Waals surface area contributed by atoms with E-state index in [1.807, 2.05) is 27.7 Å². The first-order chi connectivity index (χ1) is 11.9. The molecule has 1 heterocycles. The second kappa shape index (κ2) is 11.8. The largest absolute Gasteiger partial charge is 0.330 e. The van der Waals surface area contributed by atoms with E-state index in [2.05, 4.69) is 65.6 Å². The fraction of sp³-hybridized carbons (Fsp3) is 0.455. The molecule has 2 aromatic rings. The molecule has 2 nitrogen and oxygen atoms in total. The van der Waals surface area contributed by atoms with Crippen LogP contribution in [0.15, 0.2) is 60.7 Å². The molecule has 0 amide bonds. The lowest BCUT2D eigenvalue weighted by atomic mass is 9.97. The van der Waals surface area contributed by atoms with Gasteiger partial charge in [0.25, 0.3) is 0 Å². The van der Waals surface area contributed by atoms with Gasteiger partial charge in [0.2, 0.25) is 0 Å². The minimum atomic E-state index is 0.356. The third-order valence-corrected chi connectivity index (χ3v) is 4.25. The standard InChI is InChI=1S/C18H22N2.2C2H6/c19-13-15-11-12-20(14-15)18(16-7-3-1-4-8-16)17-9-5-2-6-10-17;2*1-2/h1-10,15,18H,11-14,19H2;2*1-2H3. The van der Waals surface area contributed by atoms with Crippen molar-refractivity contribution in [1.29, 1.82) is 0 Å². The summed E-state index contributed by atoms with van der Waals surface area (Å²) in [4.78, 5) is 2.57. The Hall–Kier alpha value is -1.64. The molecule has 2 heteroatoms. The van der Waals surface area contributed by atoms with E-state index < -0.39 is 0 Å². The Bertz CT molecular complexity index is 485. The van der Waals surface area contributed by atoms with Crippen LogP contribution < -0.4 is 5.73 Å². The van der Waals surface area contributed by atoms with Crippen molar-refractivity contribution in [3.63, 3.8) is 0 Å². The molecule has 0 radical (unpaired) electrons. The summed E-state index contributed by atoms with van der Waals surface area (Å²) in [7, 11) is 0. The van der Waals surface area contributed by atoms with Gasteiger partial charge in [0, 0.05) is 6.54 Å². The summed E-state index contributed by atoms with van der Waals surface area (Å²) in [6.45, 7) is 11.0. The minimum Gasteiger partial charge on any atom is -0.330 e. The van der Waals surface area contributed by atoms with Crippen LogP contribution in [0, 0.1) is 5.92 Å². The van der Waals surface area contributed by atoms with E-state index in [-0.39, 0.29) is 0 Å². The van der Waals surface area contributed by atoms with E-state index >= 15 is 0 Å². The summed E-state index contributed by atoms with van der Waals surface area (Å²) in [6, 6.07) is 21.9. The van der Waals surface area contributed by atoms with Crippen molar-refractivity contribution < 1.29 is 0 Å². The predicted octanol–water partition coefficient (Wildman–Crippen LogP) is 5.11. The van der Waals surface area contributed by atoms with Gasteiger partial charge in [-0.3, -0.25) is 4.90 Å². The van der Waals surface area contributed by atoms with Gasteiger partial charge < -0.3 is 5.73 Å². The molecule has 2 aromatic carbocycles.